The molecule has 0 N–H and O–H groups in total. The lowest BCUT2D eigenvalue weighted by atomic mass is 10.1. The quantitative estimate of drug-likeness (QED) is 0.168. The minimum absolute atomic E-state index is 0.0101. The molecule has 0 aliphatic rings. The third-order valence-corrected chi connectivity index (χ3v) is 6.08. The maximum absolute atomic E-state index is 11.1. The minimum atomic E-state index is -0.576. The molecule has 0 saturated carbocycles. The summed E-state index contributed by atoms with van der Waals surface area (Å²) < 4.78 is 19.0. The van der Waals surface area contributed by atoms with Crippen molar-refractivity contribution < 1.29 is 18.5 Å². The predicted molar refractivity (Wildman–Crippen MR) is 139 cm³/mol. The second-order valence-corrected chi connectivity index (χ2v) is 8.70. The molecule has 6 aromatic rings. The molecule has 0 unspecified atom stereocenters. The fourth-order valence-corrected chi connectivity index (χ4v) is 4.32. The molecule has 9 heteroatoms. The van der Waals surface area contributed by atoms with Crippen LogP contribution in [0, 0.1) is 10.1 Å². The number of benzene rings is 2. The molecule has 4 aromatic heterocycles. The Hall–Kier alpha value is -5.18. The Morgan fingerprint density at radius 2 is 1.63 bits per heavy atom. The smallest absolute Gasteiger partial charge is 0.433 e. The molecule has 4 heterocycles. The molecule has 0 bridgehead atoms. The van der Waals surface area contributed by atoms with Gasteiger partial charge in [-0.3, -0.25) is 14.5 Å². The monoisotopic (exact) mass is 506 g/mol. The number of aromatic nitrogens is 3. The standard InChI is InChI=1S/C29H22N4O5/c34-33(35)27-14-13-23(38-27)19-37-29-25(17-22-12-7-15-36-22)31-28-24(16-20-8-3-1-4-9-20)30-26(18-32(28)29)21-10-5-2-6-11-21/h1-15,18H,16-17,19H2. The first-order valence-corrected chi connectivity index (χ1v) is 12.0. The summed E-state index contributed by atoms with van der Waals surface area (Å²) in [6.45, 7) is -0.0101. The van der Waals surface area contributed by atoms with Crippen molar-refractivity contribution in [3.63, 3.8) is 0 Å². The Morgan fingerprint density at radius 1 is 0.842 bits per heavy atom. The second-order valence-electron chi connectivity index (χ2n) is 8.70. The Morgan fingerprint density at radius 3 is 2.34 bits per heavy atom. The topological polar surface area (TPSA) is 109 Å². The molecule has 0 aliphatic heterocycles. The third-order valence-electron chi connectivity index (χ3n) is 6.08. The van der Waals surface area contributed by atoms with Crippen LogP contribution in [0.15, 0.2) is 106 Å². The lowest BCUT2D eigenvalue weighted by Crippen LogP contribution is -2.03. The summed E-state index contributed by atoms with van der Waals surface area (Å²) in [5.41, 5.74) is 4.94. The lowest BCUT2D eigenvalue weighted by molar-refractivity contribution is -0.402. The second kappa shape index (κ2) is 10.1. The highest BCUT2D eigenvalue weighted by Crippen LogP contribution is 2.30. The third kappa shape index (κ3) is 4.77. The van der Waals surface area contributed by atoms with Gasteiger partial charge in [-0.25, -0.2) is 9.97 Å². The number of hydrogen-bond donors (Lipinski definition) is 0. The molecule has 0 fully saturated rings. The van der Waals surface area contributed by atoms with E-state index in [0.717, 1.165) is 28.3 Å². The van der Waals surface area contributed by atoms with Crippen LogP contribution in [0.25, 0.3) is 16.9 Å². The molecule has 0 amide bonds. The van der Waals surface area contributed by atoms with Gasteiger partial charge >= 0.3 is 5.88 Å². The van der Waals surface area contributed by atoms with Crippen molar-refractivity contribution >= 4 is 11.5 Å². The van der Waals surface area contributed by atoms with E-state index in [1.54, 1.807) is 6.26 Å². The molecule has 2 aromatic carbocycles. The van der Waals surface area contributed by atoms with Gasteiger partial charge in [0.1, 0.15) is 28.7 Å². The molecule has 0 atom stereocenters. The summed E-state index contributed by atoms with van der Waals surface area (Å²) in [5.74, 6) is 1.22. The van der Waals surface area contributed by atoms with Crippen molar-refractivity contribution in [2.45, 2.75) is 19.4 Å². The van der Waals surface area contributed by atoms with Gasteiger partial charge in [0, 0.05) is 18.2 Å². The Balaban J connectivity index is 1.48. The zero-order chi connectivity index (χ0) is 25.9. The lowest BCUT2D eigenvalue weighted by Gasteiger charge is -2.10. The number of ether oxygens (including phenoxy) is 1. The van der Waals surface area contributed by atoms with E-state index in [9.17, 15) is 10.1 Å². The normalized spacial score (nSPS) is 11.2. The number of furan rings is 2. The van der Waals surface area contributed by atoms with Crippen LogP contribution in [0.2, 0.25) is 0 Å². The number of rotatable bonds is 9. The van der Waals surface area contributed by atoms with Gasteiger partial charge in [-0.1, -0.05) is 60.7 Å². The van der Waals surface area contributed by atoms with Crippen molar-refractivity contribution in [1.29, 1.82) is 0 Å². The van der Waals surface area contributed by atoms with Crippen LogP contribution in [-0.4, -0.2) is 19.3 Å². The van der Waals surface area contributed by atoms with Gasteiger partial charge in [-0.2, -0.15) is 0 Å². The highest BCUT2D eigenvalue weighted by molar-refractivity contribution is 5.63. The summed E-state index contributed by atoms with van der Waals surface area (Å²) >= 11 is 0. The summed E-state index contributed by atoms with van der Waals surface area (Å²) in [6.07, 6.45) is 4.49. The van der Waals surface area contributed by atoms with Crippen LogP contribution in [-0.2, 0) is 19.4 Å². The maximum Gasteiger partial charge on any atom is 0.433 e. The Kier molecular flexibility index (Phi) is 6.15. The van der Waals surface area contributed by atoms with Gasteiger partial charge in [0.05, 0.1) is 30.1 Å². The van der Waals surface area contributed by atoms with E-state index in [1.165, 1.54) is 12.1 Å². The molecule has 188 valence electrons. The minimum Gasteiger partial charge on any atom is -0.469 e. The Bertz CT molecular complexity index is 1690. The molecular formula is C29H22N4O5. The van der Waals surface area contributed by atoms with E-state index in [4.69, 9.17) is 23.5 Å². The molecule has 9 nitrogen and oxygen atoms in total. The van der Waals surface area contributed by atoms with Crippen molar-refractivity contribution in [3.8, 4) is 17.1 Å². The fourth-order valence-electron chi connectivity index (χ4n) is 4.32. The van der Waals surface area contributed by atoms with Gasteiger partial charge in [0.25, 0.3) is 0 Å². The van der Waals surface area contributed by atoms with Crippen molar-refractivity contribution in [2.75, 3.05) is 0 Å². The zero-order valence-electron chi connectivity index (χ0n) is 20.2. The number of imidazole rings is 1. The highest BCUT2D eigenvalue weighted by Gasteiger charge is 2.21. The van der Waals surface area contributed by atoms with E-state index in [0.29, 0.717) is 35.8 Å². The molecule has 0 spiro atoms. The van der Waals surface area contributed by atoms with Crippen molar-refractivity contribution in [1.82, 2.24) is 14.4 Å². The largest absolute Gasteiger partial charge is 0.469 e. The first-order valence-electron chi connectivity index (χ1n) is 12.0. The van der Waals surface area contributed by atoms with E-state index >= 15 is 0 Å². The number of fused-ring (bicyclic) bond motifs is 1. The number of hydrogen-bond acceptors (Lipinski definition) is 7. The first-order chi connectivity index (χ1) is 18.6. The van der Waals surface area contributed by atoms with Crippen LogP contribution in [0.3, 0.4) is 0 Å². The van der Waals surface area contributed by atoms with Crippen LogP contribution in [0.5, 0.6) is 5.88 Å². The van der Waals surface area contributed by atoms with Gasteiger partial charge < -0.3 is 13.6 Å². The average Bonchev–Trinajstić information content (AvgIpc) is 3.70. The highest BCUT2D eigenvalue weighted by atomic mass is 16.6. The fraction of sp³-hybridized carbons (Fsp3) is 0.103. The molecule has 38 heavy (non-hydrogen) atoms. The molecule has 0 radical (unpaired) electrons. The summed E-state index contributed by atoms with van der Waals surface area (Å²) in [7, 11) is 0. The predicted octanol–water partition coefficient (Wildman–Crippen LogP) is 6.25. The molecule has 0 aliphatic carbocycles. The van der Waals surface area contributed by atoms with E-state index < -0.39 is 4.92 Å². The van der Waals surface area contributed by atoms with Crippen molar-refractivity contribution in [2.24, 2.45) is 0 Å². The van der Waals surface area contributed by atoms with Crippen LogP contribution < -0.4 is 4.74 Å². The molecular weight excluding hydrogens is 484 g/mol. The first kappa shape index (κ1) is 23.2. The zero-order valence-corrected chi connectivity index (χ0v) is 20.2. The maximum atomic E-state index is 11.1. The van der Waals surface area contributed by atoms with Crippen LogP contribution in [0.1, 0.15) is 28.5 Å². The van der Waals surface area contributed by atoms with E-state index in [2.05, 4.69) is 12.1 Å². The summed E-state index contributed by atoms with van der Waals surface area (Å²) in [4.78, 5) is 20.4. The number of nitrogens with zero attached hydrogens (tertiary/aromatic N) is 4. The van der Waals surface area contributed by atoms with E-state index in [1.807, 2.05) is 71.3 Å². The molecule has 6 rings (SSSR count). The van der Waals surface area contributed by atoms with Gasteiger partial charge in [-0.15, -0.1) is 0 Å². The Labute approximate surface area is 217 Å². The van der Waals surface area contributed by atoms with Gasteiger partial charge in [0.2, 0.25) is 5.88 Å². The average molecular weight is 507 g/mol. The van der Waals surface area contributed by atoms with Crippen LogP contribution >= 0.6 is 0 Å². The van der Waals surface area contributed by atoms with Gasteiger partial charge in [-0.05, 0) is 23.8 Å². The summed E-state index contributed by atoms with van der Waals surface area (Å²) in [6, 6.07) is 26.5. The summed E-state index contributed by atoms with van der Waals surface area (Å²) in [5, 5.41) is 11.1. The van der Waals surface area contributed by atoms with Crippen molar-refractivity contribution in [3.05, 3.63) is 136 Å². The SMILES string of the molecule is O=[N+]([O-])c1ccc(COc2c(Cc3ccco3)nc3c(Cc4ccccc4)nc(-c4ccccc4)cn23)o1. The van der Waals surface area contributed by atoms with Gasteiger partial charge in [0.15, 0.2) is 5.65 Å². The van der Waals surface area contributed by atoms with E-state index in [-0.39, 0.29) is 12.5 Å². The molecule has 0 saturated heterocycles. The number of nitro groups is 1. The van der Waals surface area contributed by atoms with Crippen LogP contribution in [0.4, 0.5) is 5.88 Å².